The Morgan fingerprint density at radius 2 is 1.96 bits per heavy atom. The van der Waals surface area contributed by atoms with Crippen LogP contribution in [0.15, 0.2) is 46.1 Å². The minimum absolute atomic E-state index is 0. The Labute approximate surface area is 165 Å². The van der Waals surface area contributed by atoms with Crippen molar-refractivity contribution < 1.29 is 4.74 Å². The van der Waals surface area contributed by atoms with Gasteiger partial charge in [0.15, 0.2) is 5.96 Å². The molecule has 0 radical (unpaired) electrons. The lowest BCUT2D eigenvalue weighted by atomic mass is 10.1. The Morgan fingerprint density at radius 1 is 1.21 bits per heavy atom. The van der Waals surface area contributed by atoms with E-state index in [-0.39, 0.29) is 24.0 Å². The number of ether oxygens (including phenoxy) is 1. The first kappa shape index (κ1) is 20.9. The van der Waals surface area contributed by atoms with Gasteiger partial charge in [0.2, 0.25) is 0 Å². The number of methoxy groups -OCH3 is 1. The number of hydrogen-bond donors (Lipinski definition) is 2. The number of halogens is 1. The van der Waals surface area contributed by atoms with Crippen molar-refractivity contribution in [2.45, 2.75) is 26.0 Å². The number of hydrogen-bond acceptors (Lipinski definition) is 3. The third-order valence-corrected chi connectivity index (χ3v) is 4.48. The van der Waals surface area contributed by atoms with E-state index >= 15 is 0 Å². The lowest BCUT2D eigenvalue weighted by Crippen LogP contribution is -2.38. The molecule has 24 heavy (non-hydrogen) atoms. The molecule has 1 aromatic carbocycles. The van der Waals surface area contributed by atoms with Crippen LogP contribution in [0.2, 0.25) is 0 Å². The van der Waals surface area contributed by atoms with Crippen molar-refractivity contribution in [3.63, 3.8) is 0 Å². The summed E-state index contributed by atoms with van der Waals surface area (Å²) >= 11 is 1.74. The van der Waals surface area contributed by atoms with Crippen LogP contribution < -0.4 is 10.6 Å². The lowest BCUT2D eigenvalue weighted by molar-refractivity contribution is 0.184. The van der Waals surface area contributed by atoms with E-state index in [1.807, 2.05) is 12.1 Å². The van der Waals surface area contributed by atoms with Crippen LogP contribution in [0, 0.1) is 0 Å². The molecule has 0 saturated heterocycles. The zero-order chi connectivity index (χ0) is 16.5. The molecule has 0 aliphatic heterocycles. The predicted molar refractivity (Wildman–Crippen MR) is 114 cm³/mol. The molecule has 1 atom stereocenters. The molecule has 0 amide bonds. The number of benzene rings is 1. The molecule has 1 heterocycles. The van der Waals surface area contributed by atoms with E-state index in [0.717, 1.165) is 19.0 Å². The average Bonchev–Trinajstić information content (AvgIpc) is 3.11. The first-order chi connectivity index (χ1) is 11.2. The van der Waals surface area contributed by atoms with E-state index in [4.69, 9.17) is 4.74 Å². The highest BCUT2D eigenvalue weighted by Gasteiger charge is 2.07. The van der Waals surface area contributed by atoms with Crippen LogP contribution >= 0.6 is 35.3 Å². The standard InChI is InChI=1S/C18H25N3OS.HI/c1-14(17-8-9-23-13-17)10-20-18(19-2)21-11-15-6-4-5-7-16(15)12-22-3;/h4-9,13-14H,10-12H2,1-3H3,(H2,19,20,21);1H. The Kier molecular flexibility index (Phi) is 9.97. The maximum absolute atomic E-state index is 5.25. The number of nitrogens with zero attached hydrogens (tertiary/aromatic N) is 1. The molecule has 2 rings (SSSR count). The van der Waals surface area contributed by atoms with E-state index < -0.39 is 0 Å². The molecule has 2 aromatic rings. The van der Waals surface area contributed by atoms with Gasteiger partial charge in [0.1, 0.15) is 0 Å². The summed E-state index contributed by atoms with van der Waals surface area (Å²) in [5, 5.41) is 11.1. The Balaban J connectivity index is 0.00000288. The van der Waals surface area contributed by atoms with Crippen LogP contribution in [-0.4, -0.2) is 26.7 Å². The summed E-state index contributed by atoms with van der Waals surface area (Å²) in [6.45, 7) is 4.43. The number of thiophene rings is 1. The molecule has 1 aromatic heterocycles. The molecule has 0 saturated carbocycles. The largest absolute Gasteiger partial charge is 0.380 e. The second kappa shape index (κ2) is 11.4. The van der Waals surface area contributed by atoms with Crippen molar-refractivity contribution in [3.8, 4) is 0 Å². The summed E-state index contributed by atoms with van der Waals surface area (Å²) in [5.74, 6) is 1.28. The molecule has 6 heteroatoms. The highest BCUT2D eigenvalue weighted by atomic mass is 127. The molecule has 132 valence electrons. The van der Waals surface area contributed by atoms with Crippen molar-refractivity contribution in [1.82, 2.24) is 10.6 Å². The lowest BCUT2D eigenvalue weighted by Gasteiger charge is -2.16. The fourth-order valence-corrected chi connectivity index (χ4v) is 3.13. The summed E-state index contributed by atoms with van der Waals surface area (Å²) in [4.78, 5) is 4.30. The van der Waals surface area contributed by atoms with Crippen molar-refractivity contribution in [1.29, 1.82) is 0 Å². The second-order valence-corrected chi connectivity index (χ2v) is 6.25. The van der Waals surface area contributed by atoms with Crippen molar-refractivity contribution in [2.75, 3.05) is 20.7 Å². The Hall–Kier alpha value is -1.12. The monoisotopic (exact) mass is 459 g/mol. The van der Waals surface area contributed by atoms with Gasteiger partial charge in [0.25, 0.3) is 0 Å². The second-order valence-electron chi connectivity index (χ2n) is 5.47. The molecule has 0 fully saturated rings. The maximum atomic E-state index is 5.25. The zero-order valence-electron chi connectivity index (χ0n) is 14.4. The van der Waals surface area contributed by atoms with Crippen LogP contribution in [0.25, 0.3) is 0 Å². The molecule has 0 spiro atoms. The molecule has 0 aliphatic carbocycles. The van der Waals surface area contributed by atoms with Gasteiger partial charge in [-0.15, -0.1) is 24.0 Å². The molecule has 2 N–H and O–H groups in total. The van der Waals surface area contributed by atoms with E-state index in [0.29, 0.717) is 12.5 Å². The molecular weight excluding hydrogens is 433 g/mol. The SMILES string of the molecule is CN=C(NCc1ccccc1COC)NCC(C)c1ccsc1.I. The van der Waals surface area contributed by atoms with Crippen LogP contribution in [0.4, 0.5) is 0 Å². The number of guanidine groups is 1. The average molecular weight is 459 g/mol. The first-order valence-corrected chi connectivity index (χ1v) is 8.71. The van der Waals surface area contributed by atoms with Crippen LogP contribution in [0.1, 0.15) is 29.5 Å². The molecule has 0 bridgehead atoms. The van der Waals surface area contributed by atoms with Crippen molar-refractivity contribution >= 4 is 41.3 Å². The van der Waals surface area contributed by atoms with Crippen molar-refractivity contribution in [3.05, 3.63) is 57.8 Å². The van der Waals surface area contributed by atoms with E-state index in [1.165, 1.54) is 16.7 Å². The van der Waals surface area contributed by atoms with Crippen LogP contribution in [0.3, 0.4) is 0 Å². The van der Waals surface area contributed by atoms with Crippen molar-refractivity contribution in [2.24, 2.45) is 4.99 Å². The number of rotatable bonds is 7. The summed E-state index contributed by atoms with van der Waals surface area (Å²) < 4.78 is 5.25. The van der Waals surface area contributed by atoms with Gasteiger partial charge in [-0.25, -0.2) is 0 Å². The van der Waals surface area contributed by atoms with Gasteiger partial charge < -0.3 is 15.4 Å². The normalized spacial score (nSPS) is 12.4. The van der Waals surface area contributed by atoms with Gasteiger partial charge in [-0.2, -0.15) is 11.3 Å². The molecule has 4 nitrogen and oxygen atoms in total. The van der Waals surface area contributed by atoms with Gasteiger partial charge in [-0.05, 0) is 39.4 Å². The fourth-order valence-electron chi connectivity index (χ4n) is 2.35. The highest BCUT2D eigenvalue weighted by molar-refractivity contribution is 14.0. The quantitative estimate of drug-likeness (QED) is 0.374. The van der Waals surface area contributed by atoms with Gasteiger partial charge in [0.05, 0.1) is 6.61 Å². The summed E-state index contributed by atoms with van der Waals surface area (Å²) in [6.07, 6.45) is 0. The van der Waals surface area contributed by atoms with Gasteiger partial charge in [-0.3, -0.25) is 4.99 Å². The molecular formula is C18H26IN3OS. The van der Waals surface area contributed by atoms with Gasteiger partial charge in [0, 0.05) is 27.2 Å². The Morgan fingerprint density at radius 3 is 2.58 bits per heavy atom. The van der Waals surface area contributed by atoms with E-state index in [2.05, 4.69) is 51.5 Å². The van der Waals surface area contributed by atoms with E-state index in [1.54, 1.807) is 25.5 Å². The number of aliphatic imine (C=N–C) groups is 1. The summed E-state index contributed by atoms with van der Waals surface area (Å²) in [5.41, 5.74) is 3.79. The predicted octanol–water partition coefficient (Wildman–Crippen LogP) is 3.98. The minimum atomic E-state index is 0. The summed E-state index contributed by atoms with van der Waals surface area (Å²) in [6, 6.07) is 10.5. The maximum Gasteiger partial charge on any atom is 0.191 e. The fraction of sp³-hybridized carbons (Fsp3) is 0.389. The number of nitrogens with one attached hydrogen (secondary N) is 2. The third kappa shape index (κ3) is 6.41. The topological polar surface area (TPSA) is 45.7 Å². The zero-order valence-corrected chi connectivity index (χ0v) is 17.6. The smallest absolute Gasteiger partial charge is 0.191 e. The first-order valence-electron chi connectivity index (χ1n) is 7.77. The van der Waals surface area contributed by atoms with E-state index in [9.17, 15) is 0 Å². The summed E-state index contributed by atoms with van der Waals surface area (Å²) in [7, 11) is 3.52. The minimum Gasteiger partial charge on any atom is -0.380 e. The van der Waals surface area contributed by atoms with Crippen LogP contribution in [-0.2, 0) is 17.9 Å². The third-order valence-electron chi connectivity index (χ3n) is 3.78. The highest BCUT2D eigenvalue weighted by Crippen LogP contribution is 2.17. The van der Waals surface area contributed by atoms with Crippen LogP contribution in [0.5, 0.6) is 0 Å². The molecule has 0 aliphatic rings. The van der Waals surface area contributed by atoms with Gasteiger partial charge in [-0.1, -0.05) is 31.2 Å². The molecule has 1 unspecified atom stereocenters. The van der Waals surface area contributed by atoms with Gasteiger partial charge >= 0.3 is 0 Å². The Bertz CT molecular complexity index is 616.